The molecule has 4 nitrogen and oxygen atoms in total. The summed E-state index contributed by atoms with van der Waals surface area (Å²) < 4.78 is 6.10. The molecule has 1 saturated heterocycles. The Bertz CT molecular complexity index is 679. The first kappa shape index (κ1) is 17.3. The fourth-order valence-corrected chi connectivity index (χ4v) is 3.09. The number of piperidine rings is 1. The quantitative estimate of drug-likeness (QED) is 0.895. The number of rotatable bonds is 5. The smallest absolute Gasteiger partial charge is 0.317 e. The molecule has 2 aromatic rings. The number of nitrogens with one attached hydrogen (secondary N) is 1. The summed E-state index contributed by atoms with van der Waals surface area (Å²) in [6.07, 6.45) is 2.94. The van der Waals surface area contributed by atoms with Crippen LogP contribution in [0.4, 0.5) is 4.79 Å². The number of amides is 2. The Morgan fingerprint density at radius 3 is 2.52 bits per heavy atom. The van der Waals surface area contributed by atoms with Gasteiger partial charge in [0.1, 0.15) is 11.9 Å². The molecule has 0 atom stereocenters. The number of hydrogen-bond donors (Lipinski definition) is 1. The highest BCUT2D eigenvalue weighted by Gasteiger charge is 2.23. The van der Waals surface area contributed by atoms with E-state index in [1.807, 2.05) is 47.4 Å². The van der Waals surface area contributed by atoms with E-state index in [4.69, 9.17) is 4.74 Å². The summed E-state index contributed by atoms with van der Waals surface area (Å²) in [7, 11) is 0. The fraction of sp³-hybridized carbons (Fsp3) is 0.381. The second-order valence-electron chi connectivity index (χ2n) is 6.45. The predicted octanol–water partition coefficient (Wildman–Crippen LogP) is 4.00. The summed E-state index contributed by atoms with van der Waals surface area (Å²) in [4.78, 5) is 14.2. The van der Waals surface area contributed by atoms with Crippen molar-refractivity contribution in [2.45, 2.75) is 38.8 Å². The van der Waals surface area contributed by atoms with Gasteiger partial charge in [0.05, 0.1) is 0 Å². The maximum absolute atomic E-state index is 12.3. The molecular formula is C21H26N2O2. The van der Waals surface area contributed by atoms with Crippen LogP contribution in [0.3, 0.4) is 0 Å². The highest BCUT2D eigenvalue weighted by Crippen LogP contribution is 2.20. The monoisotopic (exact) mass is 338 g/mol. The lowest BCUT2D eigenvalue weighted by atomic mass is 10.1. The summed E-state index contributed by atoms with van der Waals surface area (Å²) in [6.45, 7) is 4.18. The molecule has 0 aromatic heterocycles. The van der Waals surface area contributed by atoms with E-state index >= 15 is 0 Å². The standard InChI is InChI=1S/C21H26N2O2/c1-2-17-9-6-10-20(15-17)25-19-11-13-23(14-12-19)21(24)22-16-18-7-4-3-5-8-18/h3-10,15,19H,2,11-14,16H2,1H3,(H,22,24). The average Bonchev–Trinajstić information content (AvgIpc) is 2.67. The lowest BCUT2D eigenvalue weighted by Gasteiger charge is -2.32. The zero-order valence-electron chi connectivity index (χ0n) is 14.8. The van der Waals surface area contributed by atoms with Crippen LogP contribution in [-0.2, 0) is 13.0 Å². The van der Waals surface area contributed by atoms with Gasteiger partial charge in [-0.15, -0.1) is 0 Å². The molecule has 2 aromatic carbocycles. The molecule has 0 spiro atoms. The van der Waals surface area contributed by atoms with Gasteiger partial charge in [0.2, 0.25) is 0 Å². The van der Waals surface area contributed by atoms with Crippen molar-refractivity contribution in [2.24, 2.45) is 0 Å². The summed E-state index contributed by atoms with van der Waals surface area (Å²) in [6, 6.07) is 18.3. The molecule has 4 heteroatoms. The maximum Gasteiger partial charge on any atom is 0.317 e. The van der Waals surface area contributed by atoms with Gasteiger partial charge in [-0.1, -0.05) is 49.4 Å². The Balaban J connectivity index is 1.44. The molecule has 25 heavy (non-hydrogen) atoms. The van der Waals surface area contributed by atoms with Gasteiger partial charge in [-0.05, 0) is 29.7 Å². The number of ether oxygens (including phenoxy) is 1. The van der Waals surface area contributed by atoms with Crippen molar-refractivity contribution in [1.82, 2.24) is 10.2 Å². The van der Waals surface area contributed by atoms with Crippen molar-refractivity contribution in [1.29, 1.82) is 0 Å². The zero-order chi connectivity index (χ0) is 17.5. The minimum absolute atomic E-state index is 0.00952. The van der Waals surface area contributed by atoms with Gasteiger partial charge in [-0.3, -0.25) is 0 Å². The Morgan fingerprint density at radius 2 is 1.80 bits per heavy atom. The van der Waals surface area contributed by atoms with Crippen LogP contribution in [0.2, 0.25) is 0 Å². The van der Waals surface area contributed by atoms with Gasteiger partial charge in [0.15, 0.2) is 0 Å². The van der Waals surface area contributed by atoms with E-state index in [0.29, 0.717) is 6.54 Å². The zero-order valence-corrected chi connectivity index (χ0v) is 14.8. The Morgan fingerprint density at radius 1 is 1.08 bits per heavy atom. The molecule has 1 N–H and O–H groups in total. The van der Waals surface area contributed by atoms with Crippen LogP contribution in [0.5, 0.6) is 5.75 Å². The van der Waals surface area contributed by atoms with E-state index in [1.165, 1.54) is 5.56 Å². The lowest BCUT2D eigenvalue weighted by Crippen LogP contribution is -2.46. The number of hydrogen-bond acceptors (Lipinski definition) is 2. The average molecular weight is 338 g/mol. The van der Waals surface area contributed by atoms with E-state index in [0.717, 1.165) is 43.7 Å². The van der Waals surface area contributed by atoms with Gasteiger partial charge in [0, 0.05) is 32.5 Å². The first-order chi connectivity index (χ1) is 12.2. The van der Waals surface area contributed by atoms with Crippen LogP contribution in [0.15, 0.2) is 54.6 Å². The van der Waals surface area contributed by atoms with Gasteiger partial charge in [-0.25, -0.2) is 4.79 Å². The third-order valence-corrected chi connectivity index (χ3v) is 4.63. The van der Waals surface area contributed by atoms with E-state index in [2.05, 4.69) is 24.4 Å². The second-order valence-corrected chi connectivity index (χ2v) is 6.45. The van der Waals surface area contributed by atoms with Gasteiger partial charge >= 0.3 is 6.03 Å². The first-order valence-corrected chi connectivity index (χ1v) is 9.07. The minimum atomic E-state index is 0.00952. The molecule has 0 aliphatic carbocycles. The predicted molar refractivity (Wildman–Crippen MR) is 99.7 cm³/mol. The molecule has 0 saturated carbocycles. The van der Waals surface area contributed by atoms with Crippen molar-refractivity contribution < 1.29 is 9.53 Å². The van der Waals surface area contributed by atoms with Gasteiger partial charge in [0.25, 0.3) is 0 Å². The Hall–Kier alpha value is -2.49. The number of likely N-dealkylation sites (tertiary alicyclic amines) is 1. The van der Waals surface area contributed by atoms with Crippen LogP contribution < -0.4 is 10.1 Å². The molecule has 0 radical (unpaired) electrons. The van der Waals surface area contributed by atoms with Crippen molar-refractivity contribution in [3.63, 3.8) is 0 Å². The number of carbonyl (C=O) groups excluding carboxylic acids is 1. The Labute approximate surface area is 149 Å². The minimum Gasteiger partial charge on any atom is -0.490 e. The first-order valence-electron chi connectivity index (χ1n) is 9.07. The maximum atomic E-state index is 12.3. The third kappa shape index (κ3) is 4.99. The van der Waals surface area contributed by atoms with Gasteiger partial charge in [-0.2, -0.15) is 0 Å². The van der Waals surface area contributed by atoms with Crippen molar-refractivity contribution in [3.8, 4) is 5.75 Å². The van der Waals surface area contributed by atoms with E-state index in [-0.39, 0.29) is 12.1 Å². The SMILES string of the molecule is CCc1cccc(OC2CCN(C(=O)NCc3ccccc3)CC2)c1. The molecule has 1 aliphatic rings. The normalized spacial score (nSPS) is 15.0. The highest BCUT2D eigenvalue weighted by molar-refractivity contribution is 5.74. The number of carbonyl (C=O) groups is 1. The van der Waals surface area contributed by atoms with Crippen LogP contribution in [0.25, 0.3) is 0 Å². The number of aryl methyl sites for hydroxylation is 1. The van der Waals surface area contributed by atoms with Crippen LogP contribution in [0, 0.1) is 0 Å². The molecule has 1 fully saturated rings. The molecule has 1 heterocycles. The summed E-state index contributed by atoms with van der Waals surface area (Å²) in [5.41, 5.74) is 2.40. The highest BCUT2D eigenvalue weighted by atomic mass is 16.5. The molecule has 0 bridgehead atoms. The van der Waals surface area contributed by atoms with Crippen molar-refractivity contribution in [2.75, 3.05) is 13.1 Å². The molecular weight excluding hydrogens is 312 g/mol. The molecule has 2 amide bonds. The molecule has 1 aliphatic heterocycles. The van der Waals surface area contributed by atoms with Crippen molar-refractivity contribution >= 4 is 6.03 Å². The van der Waals surface area contributed by atoms with Gasteiger partial charge < -0.3 is 15.0 Å². The second kappa shape index (κ2) is 8.56. The third-order valence-electron chi connectivity index (χ3n) is 4.63. The van der Waals surface area contributed by atoms with E-state index < -0.39 is 0 Å². The summed E-state index contributed by atoms with van der Waals surface area (Å²) >= 11 is 0. The van der Waals surface area contributed by atoms with Crippen LogP contribution in [-0.4, -0.2) is 30.1 Å². The largest absolute Gasteiger partial charge is 0.490 e. The molecule has 132 valence electrons. The van der Waals surface area contributed by atoms with Crippen LogP contribution in [0.1, 0.15) is 30.9 Å². The molecule has 0 unspecified atom stereocenters. The Kier molecular flexibility index (Phi) is 5.94. The van der Waals surface area contributed by atoms with Crippen molar-refractivity contribution in [3.05, 3.63) is 65.7 Å². The molecule has 3 rings (SSSR count). The fourth-order valence-electron chi connectivity index (χ4n) is 3.09. The van der Waals surface area contributed by atoms with E-state index in [1.54, 1.807) is 0 Å². The number of urea groups is 1. The summed E-state index contributed by atoms with van der Waals surface area (Å²) in [5, 5.41) is 2.99. The topological polar surface area (TPSA) is 41.6 Å². The lowest BCUT2D eigenvalue weighted by molar-refractivity contribution is 0.111. The van der Waals surface area contributed by atoms with E-state index in [9.17, 15) is 4.79 Å². The number of nitrogens with zero attached hydrogens (tertiary/aromatic N) is 1. The summed E-state index contributed by atoms with van der Waals surface area (Å²) in [5.74, 6) is 0.936. The number of benzene rings is 2. The van der Waals surface area contributed by atoms with Crippen LogP contribution >= 0.6 is 0 Å².